The Labute approximate surface area is 216 Å². The number of carbonyl (C=O) groups is 1. The fourth-order valence-corrected chi connectivity index (χ4v) is 5.06. The molecule has 0 unspecified atom stereocenters. The Kier molecular flexibility index (Phi) is 7.75. The molecule has 6 nitrogen and oxygen atoms in total. The molecule has 3 aromatic rings. The number of benzene rings is 3. The Morgan fingerprint density at radius 1 is 0.944 bits per heavy atom. The lowest BCUT2D eigenvalue weighted by atomic mass is 10.00. The second-order valence-corrected chi connectivity index (χ2v) is 9.85. The first-order chi connectivity index (χ1) is 17.5. The van der Waals surface area contributed by atoms with E-state index in [0.29, 0.717) is 41.8 Å². The summed E-state index contributed by atoms with van der Waals surface area (Å²) in [6.45, 7) is 3.55. The zero-order chi connectivity index (χ0) is 24.9. The topological polar surface area (TPSA) is 71.0 Å². The van der Waals surface area contributed by atoms with Crippen molar-refractivity contribution in [2.45, 2.75) is 31.4 Å². The van der Waals surface area contributed by atoms with Crippen LogP contribution in [0.5, 0.6) is 11.5 Å². The van der Waals surface area contributed by atoms with Gasteiger partial charge in [-0.15, -0.1) is 0 Å². The molecule has 1 fully saturated rings. The van der Waals surface area contributed by atoms with Crippen LogP contribution in [-0.2, 0) is 11.2 Å². The van der Waals surface area contributed by atoms with Crippen LogP contribution >= 0.6 is 11.6 Å². The number of rotatable bonds is 8. The zero-order valence-electron chi connectivity index (χ0n) is 20.2. The van der Waals surface area contributed by atoms with Crippen molar-refractivity contribution in [3.05, 3.63) is 82.9 Å². The van der Waals surface area contributed by atoms with Gasteiger partial charge in [-0.1, -0.05) is 54.1 Å². The molecule has 5 rings (SSSR count). The quantitative estimate of drug-likeness (QED) is 0.466. The Hall–Kier alpha value is -3.06. The number of carbonyl (C=O) groups excluding carboxylic acids is 1. The maximum Gasteiger partial charge on any atom is 0.224 e. The molecular formula is C29H31ClN2O4. The maximum atomic E-state index is 13.1. The second kappa shape index (κ2) is 11.3. The second-order valence-electron chi connectivity index (χ2n) is 9.41. The summed E-state index contributed by atoms with van der Waals surface area (Å²) >= 11 is 6.12. The van der Waals surface area contributed by atoms with Crippen LogP contribution in [0.2, 0.25) is 5.02 Å². The molecule has 7 heteroatoms. The Morgan fingerprint density at radius 3 is 2.44 bits per heavy atom. The molecule has 0 bridgehead atoms. The van der Waals surface area contributed by atoms with Crippen molar-refractivity contribution < 1.29 is 19.4 Å². The van der Waals surface area contributed by atoms with Crippen LogP contribution < -0.4 is 14.8 Å². The van der Waals surface area contributed by atoms with Crippen LogP contribution in [-0.4, -0.2) is 54.8 Å². The minimum absolute atomic E-state index is 0.119. The first-order valence-corrected chi connectivity index (χ1v) is 12.9. The maximum absolute atomic E-state index is 13.1. The Bertz CT molecular complexity index is 1190. The van der Waals surface area contributed by atoms with Crippen LogP contribution in [0, 0.1) is 0 Å². The van der Waals surface area contributed by atoms with Gasteiger partial charge in [0.1, 0.15) is 19.3 Å². The molecule has 0 aromatic heterocycles. The molecule has 0 aliphatic carbocycles. The van der Waals surface area contributed by atoms with Gasteiger partial charge in [-0.05, 0) is 72.5 Å². The van der Waals surface area contributed by atoms with E-state index in [9.17, 15) is 9.90 Å². The molecule has 2 heterocycles. The molecule has 0 spiro atoms. The lowest BCUT2D eigenvalue weighted by molar-refractivity contribution is -0.122. The molecule has 1 saturated heterocycles. The van der Waals surface area contributed by atoms with Gasteiger partial charge in [0.2, 0.25) is 5.91 Å². The number of aliphatic hydroxyl groups excluding tert-OH is 1. The summed E-state index contributed by atoms with van der Waals surface area (Å²) < 4.78 is 11.3. The molecule has 36 heavy (non-hydrogen) atoms. The first kappa shape index (κ1) is 24.6. The van der Waals surface area contributed by atoms with E-state index in [1.54, 1.807) is 0 Å². The highest BCUT2D eigenvalue weighted by Gasteiger charge is 2.28. The Balaban J connectivity index is 1.27. The van der Waals surface area contributed by atoms with E-state index in [4.69, 9.17) is 21.1 Å². The number of halogens is 1. The summed E-state index contributed by atoms with van der Waals surface area (Å²) in [6, 6.07) is 20.7. The van der Waals surface area contributed by atoms with E-state index in [1.165, 1.54) is 0 Å². The van der Waals surface area contributed by atoms with Crippen LogP contribution in [0.4, 0.5) is 0 Å². The van der Waals surface area contributed by atoms with Crippen molar-refractivity contribution in [1.82, 2.24) is 10.2 Å². The fraction of sp³-hybridized carbons (Fsp3) is 0.345. The molecule has 2 atom stereocenters. The largest absolute Gasteiger partial charge is 0.486 e. The minimum Gasteiger partial charge on any atom is -0.486 e. The molecule has 3 aromatic carbocycles. The van der Waals surface area contributed by atoms with Crippen LogP contribution in [0.25, 0.3) is 11.1 Å². The number of likely N-dealkylation sites (tertiary alicyclic amines) is 1. The number of fused-ring (bicyclic) bond motifs is 1. The standard InChI is InChI=1S/C29H31ClN2O4/c30-24-5-3-4-22(17-24)21-8-6-20(7-9-21)16-28(33)31-25(19-32-12-1-2-13-32)29(34)23-10-11-26-27(18-23)36-15-14-35-26/h3-11,17-18,25,29,34H,1-2,12-16,19H2,(H,31,33)/t25-,29+/m1/s1. The molecule has 0 saturated carbocycles. The van der Waals surface area contributed by atoms with Gasteiger partial charge < -0.3 is 24.8 Å². The average Bonchev–Trinajstić information content (AvgIpc) is 3.41. The van der Waals surface area contributed by atoms with Gasteiger partial charge in [-0.3, -0.25) is 4.79 Å². The van der Waals surface area contributed by atoms with Gasteiger partial charge in [0, 0.05) is 11.6 Å². The van der Waals surface area contributed by atoms with Gasteiger partial charge in [0.05, 0.1) is 12.5 Å². The van der Waals surface area contributed by atoms with Gasteiger partial charge >= 0.3 is 0 Å². The third-order valence-electron chi connectivity index (χ3n) is 6.77. The van der Waals surface area contributed by atoms with Crippen molar-refractivity contribution in [3.8, 4) is 22.6 Å². The van der Waals surface area contributed by atoms with Crippen LogP contribution in [0.15, 0.2) is 66.7 Å². The predicted molar refractivity (Wildman–Crippen MR) is 141 cm³/mol. The molecule has 1 amide bonds. The summed E-state index contributed by atoms with van der Waals surface area (Å²) in [7, 11) is 0. The molecular weight excluding hydrogens is 476 g/mol. The van der Waals surface area contributed by atoms with Gasteiger partial charge in [-0.25, -0.2) is 0 Å². The monoisotopic (exact) mass is 506 g/mol. The molecule has 0 radical (unpaired) electrons. The fourth-order valence-electron chi connectivity index (χ4n) is 4.87. The van der Waals surface area contributed by atoms with E-state index in [0.717, 1.165) is 42.6 Å². The summed E-state index contributed by atoms with van der Waals surface area (Å²) in [5.74, 6) is 1.19. The van der Waals surface area contributed by atoms with E-state index >= 15 is 0 Å². The van der Waals surface area contributed by atoms with E-state index < -0.39 is 12.1 Å². The number of nitrogens with zero attached hydrogens (tertiary/aromatic N) is 1. The van der Waals surface area contributed by atoms with Crippen molar-refractivity contribution in [3.63, 3.8) is 0 Å². The highest BCUT2D eigenvalue weighted by atomic mass is 35.5. The summed E-state index contributed by atoms with van der Waals surface area (Å²) in [4.78, 5) is 15.4. The molecule has 2 aliphatic rings. The summed E-state index contributed by atoms with van der Waals surface area (Å²) in [6.07, 6.45) is 1.65. The Morgan fingerprint density at radius 2 is 1.69 bits per heavy atom. The van der Waals surface area contributed by atoms with Crippen molar-refractivity contribution >= 4 is 17.5 Å². The normalized spacial score (nSPS) is 16.9. The number of hydrogen-bond donors (Lipinski definition) is 2. The SMILES string of the molecule is O=C(Cc1ccc(-c2cccc(Cl)c2)cc1)N[C@H](CN1CCCC1)[C@@H](O)c1ccc2c(c1)OCCO2. The minimum atomic E-state index is -0.865. The van der Waals surface area contributed by atoms with Gasteiger partial charge in [-0.2, -0.15) is 0 Å². The molecule has 2 aliphatic heterocycles. The number of nitrogens with one attached hydrogen (secondary N) is 1. The third-order valence-corrected chi connectivity index (χ3v) is 7.00. The smallest absolute Gasteiger partial charge is 0.224 e. The number of aliphatic hydroxyl groups is 1. The van der Waals surface area contributed by atoms with Gasteiger partial charge in [0.25, 0.3) is 0 Å². The number of ether oxygens (including phenoxy) is 2. The number of hydrogen-bond acceptors (Lipinski definition) is 5. The summed E-state index contributed by atoms with van der Waals surface area (Å²) in [5.41, 5.74) is 3.69. The first-order valence-electron chi connectivity index (χ1n) is 12.5. The zero-order valence-corrected chi connectivity index (χ0v) is 20.9. The lowest BCUT2D eigenvalue weighted by Crippen LogP contribution is -2.47. The van der Waals surface area contributed by atoms with E-state index in [-0.39, 0.29) is 12.3 Å². The van der Waals surface area contributed by atoms with Crippen molar-refractivity contribution in [1.29, 1.82) is 0 Å². The highest BCUT2D eigenvalue weighted by Crippen LogP contribution is 2.33. The number of amides is 1. The van der Waals surface area contributed by atoms with Crippen molar-refractivity contribution in [2.75, 3.05) is 32.8 Å². The van der Waals surface area contributed by atoms with Crippen molar-refractivity contribution in [2.24, 2.45) is 0 Å². The van der Waals surface area contributed by atoms with E-state index in [1.807, 2.05) is 66.7 Å². The summed E-state index contributed by atoms with van der Waals surface area (Å²) in [5, 5.41) is 15.1. The average molecular weight is 507 g/mol. The molecule has 188 valence electrons. The van der Waals surface area contributed by atoms with Crippen LogP contribution in [0.3, 0.4) is 0 Å². The third kappa shape index (κ3) is 6.01. The predicted octanol–water partition coefficient (Wildman–Crippen LogP) is 4.63. The highest BCUT2D eigenvalue weighted by molar-refractivity contribution is 6.30. The van der Waals surface area contributed by atoms with Crippen LogP contribution in [0.1, 0.15) is 30.1 Å². The lowest BCUT2D eigenvalue weighted by Gasteiger charge is -2.29. The van der Waals surface area contributed by atoms with Gasteiger partial charge in [0.15, 0.2) is 11.5 Å². The molecule has 2 N–H and O–H groups in total. The van der Waals surface area contributed by atoms with E-state index in [2.05, 4.69) is 10.2 Å².